The number of likely N-dealkylation sites (N-methyl/N-ethyl adjacent to an activating group) is 1. The molecule has 0 unspecified atom stereocenters. The third kappa shape index (κ3) is 1.44. The summed E-state index contributed by atoms with van der Waals surface area (Å²) in [5.41, 5.74) is 2.27. The van der Waals surface area contributed by atoms with Gasteiger partial charge in [-0.05, 0) is 18.4 Å². The molecular formula is C9H15NO. The quantitative estimate of drug-likeness (QED) is 0.600. The first-order valence-electron chi connectivity index (χ1n) is 4.09. The second-order valence-corrected chi connectivity index (χ2v) is 3.12. The van der Waals surface area contributed by atoms with Gasteiger partial charge in [0.25, 0.3) is 0 Å². The zero-order valence-corrected chi connectivity index (χ0v) is 7.48. The summed E-state index contributed by atoms with van der Waals surface area (Å²) >= 11 is 0. The number of hydrogen-bond acceptors (Lipinski definition) is 2. The molecule has 1 aliphatic carbocycles. The molecule has 1 rings (SSSR count). The van der Waals surface area contributed by atoms with Gasteiger partial charge in [-0.1, -0.05) is 6.92 Å². The molecule has 0 saturated carbocycles. The van der Waals surface area contributed by atoms with Crippen LogP contribution in [-0.2, 0) is 4.79 Å². The van der Waals surface area contributed by atoms with Crippen molar-refractivity contribution in [1.82, 2.24) is 4.90 Å². The molecule has 0 aromatic heterocycles. The molecule has 11 heavy (non-hydrogen) atoms. The van der Waals surface area contributed by atoms with Gasteiger partial charge in [-0.15, -0.1) is 0 Å². The van der Waals surface area contributed by atoms with Crippen LogP contribution >= 0.6 is 0 Å². The van der Waals surface area contributed by atoms with Crippen molar-refractivity contribution in [3.63, 3.8) is 0 Å². The van der Waals surface area contributed by atoms with Crippen LogP contribution in [0.5, 0.6) is 0 Å². The number of nitrogens with zero attached hydrogens (tertiary/aromatic N) is 1. The normalized spacial score (nSPS) is 17.9. The summed E-state index contributed by atoms with van der Waals surface area (Å²) < 4.78 is 0. The first-order valence-corrected chi connectivity index (χ1v) is 4.09. The van der Waals surface area contributed by atoms with Crippen LogP contribution in [0.2, 0.25) is 0 Å². The smallest absolute Gasteiger partial charge is 0.179 e. The van der Waals surface area contributed by atoms with Crippen LogP contribution in [0.4, 0.5) is 0 Å². The van der Waals surface area contributed by atoms with Crippen LogP contribution in [0.3, 0.4) is 0 Å². The summed E-state index contributed by atoms with van der Waals surface area (Å²) in [6, 6.07) is 0. The van der Waals surface area contributed by atoms with Gasteiger partial charge in [0, 0.05) is 20.5 Å². The molecule has 62 valence electrons. The lowest BCUT2D eigenvalue weighted by Crippen LogP contribution is -2.16. The Labute approximate surface area is 67.9 Å². The predicted molar refractivity (Wildman–Crippen MR) is 45.2 cm³/mol. The van der Waals surface area contributed by atoms with Gasteiger partial charge >= 0.3 is 0 Å². The molecule has 0 aromatic carbocycles. The molecule has 0 aliphatic heterocycles. The van der Waals surface area contributed by atoms with Crippen molar-refractivity contribution in [3.05, 3.63) is 11.3 Å². The Morgan fingerprint density at radius 3 is 2.36 bits per heavy atom. The number of carbonyl (C=O) groups excluding carboxylic acids is 1. The SMILES string of the molecule is CCC1=C(N(C)C)C(=O)CC1. The minimum Gasteiger partial charge on any atom is -0.375 e. The van der Waals surface area contributed by atoms with E-state index in [1.54, 1.807) is 0 Å². The molecule has 0 atom stereocenters. The molecule has 0 amide bonds. The van der Waals surface area contributed by atoms with Crippen LogP contribution < -0.4 is 0 Å². The highest BCUT2D eigenvalue weighted by Crippen LogP contribution is 2.26. The number of allylic oxidation sites excluding steroid dienone is 2. The van der Waals surface area contributed by atoms with Crippen LogP contribution in [-0.4, -0.2) is 24.8 Å². The van der Waals surface area contributed by atoms with E-state index in [1.807, 2.05) is 19.0 Å². The summed E-state index contributed by atoms with van der Waals surface area (Å²) in [4.78, 5) is 13.2. The molecule has 1 aliphatic rings. The Bertz CT molecular complexity index is 204. The van der Waals surface area contributed by atoms with Crippen molar-refractivity contribution in [2.24, 2.45) is 0 Å². The van der Waals surface area contributed by atoms with Gasteiger partial charge in [-0.25, -0.2) is 0 Å². The Hall–Kier alpha value is -0.790. The lowest BCUT2D eigenvalue weighted by Gasteiger charge is -2.14. The third-order valence-electron chi connectivity index (χ3n) is 2.13. The van der Waals surface area contributed by atoms with Crippen LogP contribution in [0.25, 0.3) is 0 Å². The zero-order valence-electron chi connectivity index (χ0n) is 7.48. The molecule has 0 spiro atoms. The maximum atomic E-state index is 11.3. The van der Waals surface area contributed by atoms with E-state index in [0.717, 1.165) is 25.0 Å². The number of Topliss-reactive ketones (excluding diaryl/α,β-unsaturated/α-hetero) is 1. The Kier molecular flexibility index (Phi) is 2.32. The molecule has 0 saturated heterocycles. The number of ketones is 1. The van der Waals surface area contributed by atoms with Crippen LogP contribution in [0.15, 0.2) is 11.3 Å². The van der Waals surface area contributed by atoms with E-state index in [0.29, 0.717) is 5.78 Å². The maximum Gasteiger partial charge on any atom is 0.179 e. The average molecular weight is 153 g/mol. The van der Waals surface area contributed by atoms with E-state index in [9.17, 15) is 4.79 Å². The second kappa shape index (κ2) is 3.07. The fourth-order valence-corrected chi connectivity index (χ4v) is 1.61. The van der Waals surface area contributed by atoms with Gasteiger partial charge in [-0.3, -0.25) is 4.79 Å². The lowest BCUT2D eigenvalue weighted by molar-refractivity contribution is -0.116. The van der Waals surface area contributed by atoms with Gasteiger partial charge < -0.3 is 4.90 Å². The van der Waals surface area contributed by atoms with E-state index in [-0.39, 0.29) is 0 Å². The highest BCUT2D eigenvalue weighted by atomic mass is 16.1. The van der Waals surface area contributed by atoms with Gasteiger partial charge in [0.05, 0.1) is 5.70 Å². The number of carbonyl (C=O) groups is 1. The summed E-state index contributed by atoms with van der Waals surface area (Å²) in [7, 11) is 3.88. The minimum atomic E-state index is 0.312. The summed E-state index contributed by atoms with van der Waals surface area (Å²) in [5.74, 6) is 0.312. The molecule has 0 N–H and O–H groups in total. The lowest BCUT2D eigenvalue weighted by atomic mass is 10.2. The first kappa shape index (κ1) is 8.31. The van der Waals surface area contributed by atoms with E-state index in [1.165, 1.54) is 5.57 Å². The molecule has 2 heteroatoms. The second-order valence-electron chi connectivity index (χ2n) is 3.12. The van der Waals surface area contributed by atoms with E-state index in [2.05, 4.69) is 6.92 Å². The highest BCUT2D eigenvalue weighted by Gasteiger charge is 2.22. The topological polar surface area (TPSA) is 20.3 Å². The standard InChI is InChI=1S/C9H15NO/c1-4-7-5-6-8(11)9(7)10(2)3/h4-6H2,1-3H3. The predicted octanol–water partition coefficient (Wildman–Crippen LogP) is 1.58. The van der Waals surface area contributed by atoms with E-state index < -0.39 is 0 Å². The van der Waals surface area contributed by atoms with Crippen molar-refractivity contribution in [2.45, 2.75) is 26.2 Å². The fourth-order valence-electron chi connectivity index (χ4n) is 1.61. The highest BCUT2D eigenvalue weighted by molar-refractivity contribution is 5.97. The van der Waals surface area contributed by atoms with E-state index in [4.69, 9.17) is 0 Å². The third-order valence-corrected chi connectivity index (χ3v) is 2.13. The van der Waals surface area contributed by atoms with Crippen molar-refractivity contribution < 1.29 is 4.79 Å². The van der Waals surface area contributed by atoms with E-state index >= 15 is 0 Å². The summed E-state index contributed by atoms with van der Waals surface area (Å²) in [6.07, 6.45) is 2.71. The Morgan fingerprint density at radius 1 is 1.36 bits per heavy atom. The Balaban J connectivity index is 2.90. The molecule has 0 heterocycles. The first-order chi connectivity index (χ1) is 5.16. The fraction of sp³-hybridized carbons (Fsp3) is 0.667. The molecule has 0 bridgehead atoms. The molecule has 0 fully saturated rings. The zero-order chi connectivity index (χ0) is 8.43. The number of rotatable bonds is 2. The number of hydrogen-bond donors (Lipinski definition) is 0. The minimum absolute atomic E-state index is 0.312. The molecular weight excluding hydrogens is 138 g/mol. The van der Waals surface area contributed by atoms with Crippen molar-refractivity contribution in [3.8, 4) is 0 Å². The van der Waals surface area contributed by atoms with Crippen LogP contribution in [0.1, 0.15) is 26.2 Å². The maximum absolute atomic E-state index is 11.3. The van der Waals surface area contributed by atoms with Crippen LogP contribution in [0, 0.1) is 0 Å². The summed E-state index contributed by atoms with van der Waals surface area (Å²) in [6.45, 7) is 2.11. The van der Waals surface area contributed by atoms with Crippen molar-refractivity contribution in [2.75, 3.05) is 14.1 Å². The average Bonchev–Trinajstić information content (AvgIpc) is 2.30. The molecule has 2 nitrogen and oxygen atoms in total. The van der Waals surface area contributed by atoms with Gasteiger partial charge in [-0.2, -0.15) is 0 Å². The van der Waals surface area contributed by atoms with Gasteiger partial charge in [0.1, 0.15) is 0 Å². The van der Waals surface area contributed by atoms with Gasteiger partial charge in [0.2, 0.25) is 0 Å². The van der Waals surface area contributed by atoms with Crippen molar-refractivity contribution >= 4 is 5.78 Å². The largest absolute Gasteiger partial charge is 0.375 e. The van der Waals surface area contributed by atoms with Crippen molar-refractivity contribution in [1.29, 1.82) is 0 Å². The monoisotopic (exact) mass is 153 g/mol. The van der Waals surface area contributed by atoms with Gasteiger partial charge in [0.15, 0.2) is 5.78 Å². The molecule has 0 aromatic rings. The summed E-state index contributed by atoms with van der Waals surface area (Å²) in [5, 5.41) is 0. The Morgan fingerprint density at radius 2 is 2.00 bits per heavy atom. The molecule has 0 radical (unpaired) electrons.